The highest BCUT2D eigenvalue weighted by atomic mass is 16.3. The normalized spacial score (nSPS) is 12.2. The number of amides is 1. The van der Waals surface area contributed by atoms with Crippen LogP contribution in [0.3, 0.4) is 0 Å². The summed E-state index contributed by atoms with van der Waals surface area (Å²) in [4.78, 5) is 13.7. The molecule has 0 aliphatic heterocycles. The Labute approximate surface area is 108 Å². The third kappa shape index (κ3) is 4.47. The van der Waals surface area contributed by atoms with Crippen LogP contribution in [0.4, 0.5) is 0 Å². The third-order valence-electron chi connectivity index (χ3n) is 2.79. The van der Waals surface area contributed by atoms with E-state index in [2.05, 4.69) is 0 Å². The van der Waals surface area contributed by atoms with Gasteiger partial charge >= 0.3 is 0 Å². The summed E-state index contributed by atoms with van der Waals surface area (Å²) in [7, 11) is 0. The van der Waals surface area contributed by atoms with E-state index in [1.54, 1.807) is 4.90 Å². The summed E-state index contributed by atoms with van der Waals surface area (Å²) in [6.45, 7) is 2.97. The lowest BCUT2D eigenvalue weighted by atomic mass is 10.1. The summed E-state index contributed by atoms with van der Waals surface area (Å²) in [5.41, 5.74) is 6.99. The van der Waals surface area contributed by atoms with E-state index in [-0.39, 0.29) is 12.5 Å². The summed E-state index contributed by atoms with van der Waals surface area (Å²) < 4.78 is 0. The van der Waals surface area contributed by atoms with Gasteiger partial charge in [-0.25, -0.2) is 0 Å². The zero-order chi connectivity index (χ0) is 13.4. The van der Waals surface area contributed by atoms with Gasteiger partial charge < -0.3 is 15.7 Å². The van der Waals surface area contributed by atoms with E-state index in [1.165, 1.54) is 0 Å². The predicted molar refractivity (Wildman–Crippen MR) is 72.1 cm³/mol. The van der Waals surface area contributed by atoms with Gasteiger partial charge in [0.05, 0.1) is 12.6 Å². The van der Waals surface area contributed by atoms with E-state index in [0.717, 1.165) is 12.0 Å². The second kappa shape index (κ2) is 7.84. The quantitative estimate of drug-likeness (QED) is 0.752. The average molecular weight is 250 g/mol. The molecule has 1 unspecified atom stereocenters. The summed E-state index contributed by atoms with van der Waals surface area (Å²) in [6.07, 6.45) is 1.40. The Morgan fingerprint density at radius 3 is 2.56 bits per heavy atom. The molecule has 3 N–H and O–H groups in total. The minimum atomic E-state index is -0.537. The lowest BCUT2D eigenvalue weighted by Gasteiger charge is -2.24. The molecular formula is C14H22N2O2. The number of carbonyl (C=O) groups is 1. The van der Waals surface area contributed by atoms with Crippen molar-refractivity contribution >= 4 is 5.91 Å². The number of nitrogens with two attached hydrogens (primary N) is 1. The lowest BCUT2D eigenvalue weighted by molar-refractivity contribution is -0.133. The Kier molecular flexibility index (Phi) is 6.39. The van der Waals surface area contributed by atoms with Gasteiger partial charge in [-0.1, -0.05) is 37.3 Å². The molecule has 1 aromatic rings. The van der Waals surface area contributed by atoms with Crippen LogP contribution in [0, 0.1) is 0 Å². The molecule has 4 heteroatoms. The van der Waals surface area contributed by atoms with Crippen LogP contribution in [0.1, 0.15) is 18.9 Å². The van der Waals surface area contributed by atoms with Crippen molar-refractivity contribution in [3.63, 3.8) is 0 Å². The van der Waals surface area contributed by atoms with Crippen molar-refractivity contribution in [1.29, 1.82) is 0 Å². The van der Waals surface area contributed by atoms with Crippen LogP contribution in [-0.2, 0) is 11.2 Å². The van der Waals surface area contributed by atoms with Crippen LogP contribution in [-0.4, -0.2) is 41.7 Å². The zero-order valence-electron chi connectivity index (χ0n) is 10.9. The zero-order valence-corrected chi connectivity index (χ0v) is 10.9. The maximum atomic E-state index is 12.1. The fourth-order valence-corrected chi connectivity index (χ4v) is 1.91. The fourth-order valence-electron chi connectivity index (χ4n) is 1.91. The van der Waals surface area contributed by atoms with Gasteiger partial charge in [-0.3, -0.25) is 4.79 Å². The van der Waals surface area contributed by atoms with Crippen LogP contribution in [0.5, 0.6) is 0 Å². The number of rotatable bonds is 7. The van der Waals surface area contributed by atoms with Crippen molar-refractivity contribution in [3.05, 3.63) is 35.9 Å². The molecule has 18 heavy (non-hydrogen) atoms. The summed E-state index contributed by atoms with van der Waals surface area (Å²) in [6, 6.07) is 9.19. The predicted octanol–water partition coefficient (Wildman–Crippen LogP) is 0.787. The highest BCUT2D eigenvalue weighted by Gasteiger charge is 2.20. The molecule has 0 saturated carbocycles. The average Bonchev–Trinajstić information content (AvgIpc) is 2.39. The molecule has 0 bridgehead atoms. The molecule has 1 atom stereocenters. The number of carbonyl (C=O) groups excluding carboxylic acids is 1. The summed E-state index contributed by atoms with van der Waals surface area (Å²) in [5.74, 6) is -0.0882. The Bertz CT molecular complexity index is 348. The van der Waals surface area contributed by atoms with Crippen molar-refractivity contribution in [2.45, 2.75) is 25.8 Å². The third-order valence-corrected chi connectivity index (χ3v) is 2.79. The van der Waals surface area contributed by atoms with E-state index in [9.17, 15) is 4.79 Å². The van der Waals surface area contributed by atoms with Crippen LogP contribution in [0.15, 0.2) is 30.3 Å². The van der Waals surface area contributed by atoms with Crippen LogP contribution < -0.4 is 5.73 Å². The Hall–Kier alpha value is -1.39. The largest absolute Gasteiger partial charge is 0.395 e. The molecule has 0 heterocycles. The first-order valence-electron chi connectivity index (χ1n) is 6.38. The topological polar surface area (TPSA) is 66.6 Å². The Balaban J connectivity index is 2.58. The van der Waals surface area contributed by atoms with Gasteiger partial charge in [0.15, 0.2) is 0 Å². The summed E-state index contributed by atoms with van der Waals surface area (Å²) in [5, 5.41) is 8.95. The maximum Gasteiger partial charge on any atom is 0.239 e. The van der Waals surface area contributed by atoms with Crippen LogP contribution in [0.25, 0.3) is 0 Å². The Morgan fingerprint density at radius 2 is 2.00 bits per heavy atom. The Morgan fingerprint density at radius 1 is 1.33 bits per heavy atom. The van der Waals surface area contributed by atoms with Gasteiger partial charge in [-0.2, -0.15) is 0 Å². The summed E-state index contributed by atoms with van der Waals surface area (Å²) >= 11 is 0. The van der Waals surface area contributed by atoms with Gasteiger partial charge in [-0.05, 0) is 18.4 Å². The molecule has 0 spiro atoms. The van der Waals surface area contributed by atoms with Gasteiger partial charge in [0.2, 0.25) is 5.91 Å². The number of hydrogen-bond acceptors (Lipinski definition) is 3. The standard InChI is InChI=1S/C14H22N2O2/c1-2-8-16(9-10-17)14(18)13(15)11-12-6-4-3-5-7-12/h3-7,13,17H,2,8-11,15H2,1H3. The van der Waals surface area contributed by atoms with Gasteiger partial charge in [-0.15, -0.1) is 0 Å². The second-order valence-electron chi connectivity index (χ2n) is 4.35. The number of aliphatic hydroxyl groups excluding tert-OH is 1. The molecule has 0 aliphatic carbocycles. The minimum absolute atomic E-state index is 0.0240. The molecule has 100 valence electrons. The molecule has 1 rings (SSSR count). The van der Waals surface area contributed by atoms with E-state index in [0.29, 0.717) is 19.5 Å². The number of nitrogens with zero attached hydrogens (tertiary/aromatic N) is 1. The fraction of sp³-hybridized carbons (Fsp3) is 0.500. The van der Waals surface area contributed by atoms with E-state index < -0.39 is 6.04 Å². The molecule has 0 fully saturated rings. The smallest absolute Gasteiger partial charge is 0.239 e. The molecule has 0 aliphatic rings. The molecule has 0 radical (unpaired) electrons. The van der Waals surface area contributed by atoms with Crippen LogP contribution in [0.2, 0.25) is 0 Å². The van der Waals surface area contributed by atoms with E-state index in [4.69, 9.17) is 10.8 Å². The number of aliphatic hydroxyl groups is 1. The van der Waals surface area contributed by atoms with Crippen molar-refractivity contribution in [2.75, 3.05) is 19.7 Å². The first-order valence-corrected chi connectivity index (χ1v) is 6.38. The first-order chi connectivity index (χ1) is 8.69. The lowest BCUT2D eigenvalue weighted by Crippen LogP contribution is -2.46. The minimum Gasteiger partial charge on any atom is -0.395 e. The highest BCUT2D eigenvalue weighted by Crippen LogP contribution is 2.05. The molecule has 1 amide bonds. The van der Waals surface area contributed by atoms with Crippen LogP contribution >= 0.6 is 0 Å². The van der Waals surface area contributed by atoms with E-state index >= 15 is 0 Å². The second-order valence-corrected chi connectivity index (χ2v) is 4.35. The van der Waals surface area contributed by atoms with Gasteiger partial charge in [0, 0.05) is 13.1 Å². The molecule has 0 aromatic heterocycles. The van der Waals surface area contributed by atoms with Crippen molar-refractivity contribution in [3.8, 4) is 0 Å². The van der Waals surface area contributed by atoms with Crippen molar-refractivity contribution in [1.82, 2.24) is 4.90 Å². The molecule has 1 aromatic carbocycles. The first kappa shape index (κ1) is 14.7. The van der Waals surface area contributed by atoms with Crippen molar-refractivity contribution < 1.29 is 9.90 Å². The highest BCUT2D eigenvalue weighted by molar-refractivity contribution is 5.82. The maximum absolute atomic E-state index is 12.1. The van der Waals surface area contributed by atoms with Gasteiger partial charge in [0.1, 0.15) is 0 Å². The molecular weight excluding hydrogens is 228 g/mol. The monoisotopic (exact) mass is 250 g/mol. The van der Waals surface area contributed by atoms with E-state index in [1.807, 2.05) is 37.3 Å². The number of benzene rings is 1. The molecule has 0 saturated heterocycles. The van der Waals surface area contributed by atoms with Gasteiger partial charge in [0.25, 0.3) is 0 Å². The molecule has 4 nitrogen and oxygen atoms in total. The SMILES string of the molecule is CCCN(CCO)C(=O)C(N)Cc1ccccc1. The van der Waals surface area contributed by atoms with Crippen molar-refractivity contribution in [2.24, 2.45) is 5.73 Å². The number of hydrogen-bond donors (Lipinski definition) is 2.